The highest BCUT2D eigenvalue weighted by molar-refractivity contribution is 6.30. The summed E-state index contributed by atoms with van der Waals surface area (Å²) in [7, 11) is 0. The highest BCUT2D eigenvalue weighted by Gasteiger charge is 2.39. The molecule has 0 saturated carbocycles. The molecule has 0 unspecified atom stereocenters. The monoisotopic (exact) mass is 342 g/mol. The number of amides is 2. The second-order valence-electron chi connectivity index (χ2n) is 4.60. The molecular formula is C12H8ClF5N2O2. The summed E-state index contributed by atoms with van der Waals surface area (Å²) < 4.78 is 63.7. The van der Waals surface area contributed by atoms with Gasteiger partial charge in [-0.05, 0) is 12.1 Å². The summed E-state index contributed by atoms with van der Waals surface area (Å²) in [6.07, 6.45) is -4.62. The molecule has 1 fully saturated rings. The third-order valence-corrected chi connectivity index (χ3v) is 3.21. The number of carbonyl (C=O) groups is 2. The van der Waals surface area contributed by atoms with E-state index in [2.05, 4.69) is 0 Å². The van der Waals surface area contributed by atoms with Gasteiger partial charge in [0.2, 0.25) is 5.91 Å². The molecule has 0 aromatic heterocycles. The quantitative estimate of drug-likeness (QED) is 0.612. The van der Waals surface area contributed by atoms with Gasteiger partial charge in [0.05, 0.1) is 17.3 Å². The van der Waals surface area contributed by atoms with Gasteiger partial charge in [-0.25, -0.2) is 8.78 Å². The van der Waals surface area contributed by atoms with Crippen LogP contribution in [-0.2, 0) is 4.79 Å². The van der Waals surface area contributed by atoms with Gasteiger partial charge in [-0.3, -0.25) is 9.59 Å². The van der Waals surface area contributed by atoms with Gasteiger partial charge in [0.25, 0.3) is 5.91 Å². The Morgan fingerprint density at radius 3 is 2.45 bits per heavy atom. The SMILES string of the molecule is O=C1CN(C(=O)c2cc(F)c(Cl)cc2F)CN1CC(F)(F)F. The Bertz CT molecular complexity index is 635. The van der Waals surface area contributed by atoms with Crippen molar-refractivity contribution in [3.8, 4) is 0 Å². The summed E-state index contributed by atoms with van der Waals surface area (Å²) in [5.41, 5.74) is -0.705. The summed E-state index contributed by atoms with van der Waals surface area (Å²) in [5.74, 6) is -4.20. The molecule has 2 amide bonds. The number of alkyl halides is 3. The van der Waals surface area contributed by atoms with Gasteiger partial charge in [0.1, 0.15) is 24.7 Å². The molecule has 0 aliphatic carbocycles. The molecule has 1 aliphatic rings. The predicted octanol–water partition coefficient (Wildman–Crippen LogP) is 2.42. The van der Waals surface area contributed by atoms with Crippen molar-refractivity contribution >= 4 is 23.4 Å². The standard InChI is InChI=1S/C12H8ClF5N2O2/c13-7-2-8(14)6(1-9(7)15)11(22)19-3-10(21)20(5-19)4-12(16,17)18/h1-2H,3-5H2. The maximum atomic E-state index is 13.6. The molecule has 1 heterocycles. The van der Waals surface area contributed by atoms with Crippen molar-refractivity contribution in [1.82, 2.24) is 9.80 Å². The molecule has 0 bridgehead atoms. The average Bonchev–Trinajstić information content (AvgIpc) is 2.72. The highest BCUT2D eigenvalue weighted by atomic mass is 35.5. The molecule has 0 spiro atoms. The van der Waals surface area contributed by atoms with Crippen molar-refractivity contribution < 1.29 is 31.5 Å². The van der Waals surface area contributed by atoms with Crippen molar-refractivity contribution in [1.29, 1.82) is 0 Å². The lowest BCUT2D eigenvalue weighted by molar-refractivity contribution is -0.157. The zero-order valence-corrected chi connectivity index (χ0v) is 11.5. The van der Waals surface area contributed by atoms with Gasteiger partial charge in [0.15, 0.2) is 0 Å². The minimum atomic E-state index is -4.62. The Balaban J connectivity index is 2.18. The second kappa shape index (κ2) is 5.71. The zero-order valence-electron chi connectivity index (χ0n) is 10.8. The number of carbonyl (C=O) groups excluding carboxylic acids is 2. The summed E-state index contributed by atoms with van der Waals surface area (Å²) >= 11 is 5.34. The third kappa shape index (κ3) is 3.46. The Morgan fingerprint density at radius 1 is 1.23 bits per heavy atom. The van der Waals surface area contributed by atoms with Gasteiger partial charge in [0, 0.05) is 0 Å². The maximum absolute atomic E-state index is 13.6. The van der Waals surface area contributed by atoms with Crippen LogP contribution in [0.1, 0.15) is 10.4 Å². The van der Waals surface area contributed by atoms with E-state index in [1.807, 2.05) is 0 Å². The fourth-order valence-electron chi connectivity index (χ4n) is 1.95. The molecule has 1 saturated heterocycles. The van der Waals surface area contributed by atoms with Gasteiger partial charge >= 0.3 is 6.18 Å². The largest absolute Gasteiger partial charge is 0.406 e. The molecule has 10 heteroatoms. The molecule has 1 aromatic carbocycles. The molecule has 0 radical (unpaired) electrons. The topological polar surface area (TPSA) is 40.6 Å². The number of nitrogens with zero attached hydrogens (tertiary/aromatic N) is 2. The fraction of sp³-hybridized carbons (Fsp3) is 0.333. The third-order valence-electron chi connectivity index (χ3n) is 2.92. The highest BCUT2D eigenvalue weighted by Crippen LogP contribution is 2.23. The first kappa shape index (κ1) is 16.5. The van der Waals surface area contributed by atoms with Crippen LogP contribution in [0.2, 0.25) is 5.02 Å². The molecule has 0 atom stereocenters. The van der Waals surface area contributed by atoms with Crippen LogP contribution in [0.3, 0.4) is 0 Å². The maximum Gasteiger partial charge on any atom is 0.406 e. The molecule has 1 aliphatic heterocycles. The van der Waals surface area contributed by atoms with Gasteiger partial charge in [-0.15, -0.1) is 0 Å². The van der Waals surface area contributed by atoms with E-state index in [4.69, 9.17) is 11.6 Å². The van der Waals surface area contributed by atoms with Gasteiger partial charge in [-0.1, -0.05) is 11.6 Å². The molecule has 22 heavy (non-hydrogen) atoms. The zero-order chi connectivity index (χ0) is 16.7. The molecule has 0 N–H and O–H groups in total. The van der Waals surface area contributed by atoms with Crippen LogP contribution in [-0.4, -0.2) is 47.5 Å². The average molecular weight is 343 g/mol. The van der Waals surface area contributed by atoms with Crippen molar-refractivity contribution in [2.24, 2.45) is 0 Å². The minimum Gasteiger partial charge on any atom is -0.314 e. The lowest BCUT2D eigenvalue weighted by Crippen LogP contribution is -2.37. The number of benzene rings is 1. The number of halogens is 6. The lowest BCUT2D eigenvalue weighted by atomic mass is 10.2. The Morgan fingerprint density at radius 2 is 1.86 bits per heavy atom. The van der Waals surface area contributed by atoms with E-state index in [9.17, 15) is 31.5 Å². The number of hydrogen-bond donors (Lipinski definition) is 0. The van der Waals surface area contributed by atoms with E-state index in [1.165, 1.54) is 0 Å². The summed E-state index contributed by atoms with van der Waals surface area (Å²) in [5, 5.41) is -0.537. The fourth-order valence-corrected chi connectivity index (χ4v) is 2.10. The minimum absolute atomic E-state index is 0.405. The van der Waals surface area contributed by atoms with E-state index in [1.54, 1.807) is 0 Å². The Kier molecular flexibility index (Phi) is 4.28. The van der Waals surface area contributed by atoms with Gasteiger partial charge < -0.3 is 9.80 Å². The first-order valence-corrected chi connectivity index (χ1v) is 6.24. The Labute approximate surface area is 126 Å². The molecule has 2 rings (SSSR count). The molecule has 120 valence electrons. The molecule has 1 aromatic rings. The number of rotatable bonds is 2. The van der Waals surface area contributed by atoms with E-state index >= 15 is 0 Å². The van der Waals surface area contributed by atoms with Crippen LogP contribution in [0.25, 0.3) is 0 Å². The first-order valence-electron chi connectivity index (χ1n) is 5.87. The summed E-state index contributed by atoms with van der Waals surface area (Å²) in [6, 6.07) is 1.12. The van der Waals surface area contributed by atoms with E-state index in [0.29, 0.717) is 21.9 Å². The summed E-state index contributed by atoms with van der Waals surface area (Å²) in [4.78, 5) is 24.6. The predicted molar refractivity (Wildman–Crippen MR) is 65.0 cm³/mol. The van der Waals surface area contributed by atoms with Crippen LogP contribution in [0.15, 0.2) is 12.1 Å². The first-order chi connectivity index (χ1) is 10.1. The lowest BCUT2D eigenvalue weighted by Gasteiger charge is -2.19. The van der Waals surface area contributed by atoms with Crippen LogP contribution >= 0.6 is 11.6 Å². The van der Waals surface area contributed by atoms with E-state index in [-0.39, 0.29) is 0 Å². The van der Waals surface area contributed by atoms with Crippen molar-refractivity contribution in [2.75, 3.05) is 19.8 Å². The smallest absolute Gasteiger partial charge is 0.314 e. The van der Waals surface area contributed by atoms with Gasteiger partial charge in [-0.2, -0.15) is 13.2 Å². The van der Waals surface area contributed by atoms with Crippen molar-refractivity contribution in [3.63, 3.8) is 0 Å². The second-order valence-corrected chi connectivity index (χ2v) is 5.00. The normalized spacial score (nSPS) is 15.6. The van der Waals surface area contributed by atoms with E-state index in [0.717, 1.165) is 0 Å². The summed E-state index contributed by atoms with van der Waals surface area (Å²) in [6.45, 7) is -2.81. The van der Waals surface area contributed by atoms with E-state index < -0.39 is 60.0 Å². The number of hydrogen-bond acceptors (Lipinski definition) is 2. The van der Waals surface area contributed by atoms with Crippen molar-refractivity contribution in [2.45, 2.75) is 6.18 Å². The Hall–Kier alpha value is -1.90. The molecular weight excluding hydrogens is 335 g/mol. The van der Waals surface area contributed by atoms with Crippen LogP contribution in [0, 0.1) is 11.6 Å². The van der Waals surface area contributed by atoms with Crippen LogP contribution in [0.4, 0.5) is 22.0 Å². The molecule has 4 nitrogen and oxygen atoms in total. The van der Waals surface area contributed by atoms with Crippen LogP contribution in [0.5, 0.6) is 0 Å². The van der Waals surface area contributed by atoms with Crippen LogP contribution < -0.4 is 0 Å². The van der Waals surface area contributed by atoms with Crippen molar-refractivity contribution in [3.05, 3.63) is 34.4 Å².